The van der Waals surface area contributed by atoms with Gasteiger partial charge >= 0.3 is 0 Å². The monoisotopic (exact) mass is 1400 g/mol. The van der Waals surface area contributed by atoms with E-state index in [1.165, 1.54) is 216 Å². The van der Waals surface area contributed by atoms with Crippen molar-refractivity contribution in [1.29, 1.82) is 0 Å². The Morgan fingerprint density at radius 2 is 0.558 bits per heavy atom. The Bertz CT molecular complexity index is 5720. The number of fused-ring (bicyclic) bond motifs is 15. The maximum absolute atomic E-state index is 2.74. The number of anilines is 6. The van der Waals surface area contributed by atoms with E-state index < -0.39 is 0 Å². The molecule has 0 radical (unpaired) electrons. The van der Waals surface area contributed by atoms with Gasteiger partial charge < -0.3 is 14.7 Å². The van der Waals surface area contributed by atoms with Crippen LogP contribution in [0.4, 0.5) is 34.1 Å². The highest BCUT2D eigenvalue weighted by atomic mass is 32.2. The average Bonchev–Trinajstić information content (AvgIpc) is 1.54. The minimum atomic E-state index is -0.102. The van der Waals surface area contributed by atoms with Crippen LogP contribution in [0.2, 0.25) is 0 Å². The molecule has 3 aliphatic carbocycles. The summed E-state index contributed by atoms with van der Waals surface area (Å²) in [5.74, 6) is 0. The van der Waals surface area contributed by atoms with Crippen molar-refractivity contribution in [3.63, 3.8) is 0 Å². The normalized spacial score (nSPS) is 24.1. The van der Waals surface area contributed by atoms with E-state index in [1.54, 1.807) is 0 Å². The van der Waals surface area contributed by atoms with E-state index in [4.69, 9.17) is 0 Å². The molecular formula is C98H85N3S3. The Morgan fingerprint density at radius 3 is 0.923 bits per heavy atom. The summed E-state index contributed by atoms with van der Waals surface area (Å²) >= 11 is 6.28. The molecule has 3 heterocycles. The van der Waals surface area contributed by atoms with Crippen LogP contribution in [0.15, 0.2) is 261 Å². The van der Waals surface area contributed by atoms with Crippen LogP contribution >= 0.6 is 35.3 Å². The first-order valence-corrected chi connectivity index (χ1v) is 41.9. The molecule has 21 rings (SSSR count). The zero-order chi connectivity index (χ0) is 69.6. The van der Waals surface area contributed by atoms with E-state index in [9.17, 15) is 0 Å². The molecule has 510 valence electrons. The van der Waals surface area contributed by atoms with E-state index in [-0.39, 0.29) is 30.9 Å². The highest BCUT2D eigenvalue weighted by Crippen LogP contribution is 2.70. The van der Waals surface area contributed by atoms with Gasteiger partial charge in [-0.25, -0.2) is 0 Å². The molecule has 0 amide bonds. The van der Waals surface area contributed by atoms with Gasteiger partial charge in [0.2, 0.25) is 0 Å². The van der Waals surface area contributed by atoms with Crippen LogP contribution in [0.1, 0.15) is 115 Å². The Balaban J connectivity index is 0.859. The number of rotatable bonds is 11. The lowest BCUT2D eigenvalue weighted by atomic mass is 9.71. The molecule has 6 heteroatoms. The lowest BCUT2D eigenvalue weighted by Crippen LogP contribution is -2.54. The van der Waals surface area contributed by atoms with Gasteiger partial charge in [0.15, 0.2) is 0 Å². The summed E-state index contributed by atoms with van der Waals surface area (Å²) in [7, 11) is 0. The molecule has 3 nitrogen and oxygen atoms in total. The number of hydrogen-bond acceptors (Lipinski definition) is 6. The van der Waals surface area contributed by atoms with Gasteiger partial charge in [0.1, 0.15) is 0 Å². The first-order valence-electron chi connectivity index (χ1n) is 38.2. The van der Waals surface area contributed by atoms with Crippen LogP contribution in [0.25, 0.3) is 120 Å². The second kappa shape index (κ2) is 23.2. The fourth-order valence-corrected chi connectivity index (χ4v) is 27.0. The molecule has 0 bridgehead atoms. The van der Waals surface area contributed by atoms with E-state index in [0.717, 1.165) is 32.1 Å². The fraction of sp³-hybridized carbons (Fsp3) is 0.245. The third-order valence-electron chi connectivity index (χ3n) is 27.4. The highest BCUT2D eigenvalue weighted by molar-refractivity contribution is 8.00. The largest absolute Gasteiger partial charge is 0.334 e. The summed E-state index contributed by atoms with van der Waals surface area (Å²) in [6, 6.07) is 102. The van der Waals surface area contributed by atoms with Crippen molar-refractivity contribution >= 4 is 134 Å². The number of benzene rings is 13. The molecule has 6 atom stereocenters. The maximum atomic E-state index is 2.74. The van der Waals surface area contributed by atoms with Crippen molar-refractivity contribution in [1.82, 2.24) is 0 Å². The van der Waals surface area contributed by atoms with Crippen LogP contribution in [-0.4, -0.2) is 35.4 Å². The summed E-state index contributed by atoms with van der Waals surface area (Å²) in [5, 5.41) is 15.9. The molecule has 3 saturated carbocycles. The summed E-state index contributed by atoms with van der Waals surface area (Å²) in [5.41, 5.74) is 25.0. The molecule has 0 saturated heterocycles. The second-order valence-electron chi connectivity index (χ2n) is 31.7. The van der Waals surface area contributed by atoms with Crippen molar-refractivity contribution in [3.05, 3.63) is 278 Å². The standard InChI is InChI=1S/C98H85N3S3/c1-93-53-22-25-56-96(93,102-4)78-59-64(41-50-81(78)99(93)67-33-16-9-17-34-67)70-44-47-75-86-73(70)39-28-40-74(86)89-84(62-29-12-7-13-30-62)91-76-48-45-71(65-42-51-82-79(60-65)97(103-5)57-26-23-54-94(97,2)100(82)68-35-18-10-19-36-68)87-72(46-49-77(88(76)87)92(91)85(90(75)89)63-31-14-8-15-32-63)66-43-52-83-80(61-66)98(104-6)58-27-24-55-95(98,3)101(83)69-37-20-11-21-38-69/h7-21,28-52,59-61H,22-27,53-58H2,1-6H3. The average molecular weight is 1400 g/mol. The van der Waals surface area contributed by atoms with Crippen molar-refractivity contribution in [2.24, 2.45) is 0 Å². The molecule has 104 heavy (non-hydrogen) atoms. The van der Waals surface area contributed by atoms with Crippen LogP contribution in [0.5, 0.6) is 0 Å². The van der Waals surface area contributed by atoms with Gasteiger partial charge in [-0.15, -0.1) is 0 Å². The van der Waals surface area contributed by atoms with Crippen molar-refractivity contribution in [2.75, 3.05) is 33.5 Å². The first-order chi connectivity index (χ1) is 51.0. The third-order valence-corrected chi connectivity index (χ3v) is 32.0. The van der Waals surface area contributed by atoms with Crippen LogP contribution in [0, 0.1) is 0 Å². The topological polar surface area (TPSA) is 9.72 Å². The van der Waals surface area contributed by atoms with Crippen LogP contribution in [0.3, 0.4) is 0 Å². The van der Waals surface area contributed by atoms with E-state index in [0.29, 0.717) is 0 Å². The van der Waals surface area contributed by atoms with Crippen LogP contribution < -0.4 is 14.7 Å². The number of hydrogen-bond donors (Lipinski definition) is 0. The SMILES string of the molecule is CSC12CCCCC1(C)N(c1ccccc1)c1ccc(-c3ccc4c5c(-c6ccccc6)c6c7ccc(-c8ccc9c(c8)C8(SC)CCCCC8(C)N9c8ccccc8)c8c(-c9ccc%10c(c9)C9(SC)CCCCC9(C)N%10c9ccccc9)ccc(c6c(-c6ccccc6)c5c5cccc3c54)c87)cc12. The molecule has 3 fully saturated rings. The van der Waals surface area contributed by atoms with Crippen molar-refractivity contribution in [3.8, 4) is 55.6 Å². The van der Waals surface area contributed by atoms with Gasteiger partial charge in [-0.3, -0.25) is 0 Å². The van der Waals surface area contributed by atoms with Crippen molar-refractivity contribution < 1.29 is 0 Å². The number of para-hydroxylation sites is 3. The van der Waals surface area contributed by atoms with Crippen LogP contribution in [-0.2, 0) is 14.2 Å². The Hall–Kier alpha value is -9.17. The number of thioether (sulfide) groups is 3. The quantitative estimate of drug-likeness (QED) is 0.127. The minimum absolute atomic E-state index is 0.0482. The van der Waals surface area contributed by atoms with Gasteiger partial charge in [0, 0.05) is 34.1 Å². The zero-order valence-electron chi connectivity index (χ0n) is 60.4. The molecule has 6 aliphatic rings. The summed E-state index contributed by atoms with van der Waals surface area (Å²) in [6.07, 6.45) is 21.5. The zero-order valence-corrected chi connectivity index (χ0v) is 62.8. The molecule has 0 aromatic heterocycles. The van der Waals surface area contributed by atoms with E-state index in [2.05, 4.69) is 350 Å². The molecule has 6 unspecified atom stereocenters. The predicted molar refractivity (Wildman–Crippen MR) is 453 cm³/mol. The third kappa shape index (κ3) is 8.15. The minimum Gasteiger partial charge on any atom is -0.334 e. The van der Waals surface area contributed by atoms with Gasteiger partial charge in [-0.2, -0.15) is 35.3 Å². The second-order valence-corrected chi connectivity index (χ2v) is 35.0. The lowest BCUT2D eigenvalue weighted by molar-refractivity contribution is 0.262. The Kier molecular flexibility index (Phi) is 14.1. The molecule has 15 aromatic rings. The lowest BCUT2D eigenvalue weighted by Gasteiger charge is -2.51. The van der Waals surface area contributed by atoms with Gasteiger partial charge in [-0.1, -0.05) is 227 Å². The Morgan fingerprint density at radius 1 is 0.250 bits per heavy atom. The Labute approximate surface area is 624 Å². The predicted octanol–water partition coefficient (Wildman–Crippen LogP) is 27.9. The van der Waals surface area contributed by atoms with Gasteiger partial charge in [-0.05, 0) is 288 Å². The van der Waals surface area contributed by atoms with Gasteiger partial charge in [0.25, 0.3) is 0 Å². The summed E-state index contributed by atoms with van der Waals surface area (Å²) in [4.78, 5) is 8.21. The van der Waals surface area contributed by atoms with Gasteiger partial charge in [0.05, 0.1) is 30.9 Å². The molecule has 0 N–H and O–H groups in total. The first kappa shape index (κ1) is 63.3. The fourth-order valence-electron chi connectivity index (χ4n) is 22.9. The molecule has 0 spiro atoms. The molecule has 3 aliphatic heterocycles. The van der Waals surface area contributed by atoms with E-state index in [1.807, 2.05) is 0 Å². The van der Waals surface area contributed by atoms with E-state index >= 15 is 0 Å². The summed E-state index contributed by atoms with van der Waals surface area (Å²) in [6.45, 7) is 7.72. The molecule has 15 aromatic carbocycles. The maximum Gasteiger partial charge on any atom is 0.0658 e. The molecular weight excluding hydrogens is 1320 g/mol. The highest BCUT2D eigenvalue weighted by Gasteiger charge is 2.63. The smallest absolute Gasteiger partial charge is 0.0658 e. The summed E-state index contributed by atoms with van der Waals surface area (Å²) < 4.78 is -0.244. The van der Waals surface area contributed by atoms with Crippen molar-refractivity contribution in [2.45, 2.75) is 129 Å². The number of nitrogens with zero attached hydrogens (tertiary/aromatic N) is 3.